The van der Waals surface area contributed by atoms with Crippen LogP contribution in [0, 0.1) is 0 Å². The van der Waals surface area contributed by atoms with Crippen molar-refractivity contribution in [1.82, 2.24) is 14.7 Å². The van der Waals surface area contributed by atoms with E-state index in [2.05, 4.69) is 4.90 Å². The molecule has 2 N–H and O–H groups in total. The summed E-state index contributed by atoms with van der Waals surface area (Å²) in [6.07, 6.45) is 18.1. The number of unbranched alkanes of at least 4 members (excludes halogenated alkanes) is 2. The molecule has 0 aliphatic carbocycles. The molecule has 0 atom stereocenters. The van der Waals surface area contributed by atoms with Gasteiger partial charge in [0.1, 0.15) is 0 Å². The van der Waals surface area contributed by atoms with Gasteiger partial charge < -0.3 is 9.74 Å². The van der Waals surface area contributed by atoms with E-state index in [-0.39, 0.29) is 25.8 Å². The van der Waals surface area contributed by atoms with Gasteiger partial charge in [-0.3, -0.25) is 14.1 Å². The molecular weight excluding hydrogens is 532 g/mol. The first-order valence-electron chi connectivity index (χ1n) is 12.1. The fourth-order valence-electron chi connectivity index (χ4n) is 3.57. The van der Waals surface area contributed by atoms with E-state index < -0.39 is 28.1 Å². The van der Waals surface area contributed by atoms with Crippen molar-refractivity contribution < 1.29 is 36.8 Å². The van der Waals surface area contributed by atoms with Crippen molar-refractivity contribution in [2.45, 2.75) is 45.1 Å². The van der Waals surface area contributed by atoms with Crippen LogP contribution in [0.15, 0.2) is 65.5 Å². The number of hydrogen-bond acceptors (Lipinski definition) is 8. The normalized spacial score (nSPS) is 17.1. The molecular formula is C25H31N4O7S2+. The molecule has 0 spiro atoms. The van der Waals surface area contributed by atoms with Crippen LogP contribution in [0.1, 0.15) is 44.1 Å². The number of carbonyl (C=O) groups excluding carboxylic acids is 3. The van der Waals surface area contributed by atoms with E-state index in [1.165, 1.54) is 0 Å². The van der Waals surface area contributed by atoms with Crippen molar-refractivity contribution in [3.05, 3.63) is 71.0 Å². The summed E-state index contributed by atoms with van der Waals surface area (Å²) in [4.78, 5) is 41.9. The molecule has 204 valence electrons. The molecule has 11 nitrogen and oxygen atoms in total. The molecule has 2 aliphatic heterocycles. The minimum absolute atomic E-state index is 0.0892. The third-order valence-corrected chi connectivity index (χ3v) is 6.95. The van der Waals surface area contributed by atoms with Gasteiger partial charge in [-0.05, 0) is 29.9 Å². The van der Waals surface area contributed by atoms with Gasteiger partial charge in [0, 0.05) is 44.1 Å². The average Bonchev–Trinajstić information content (AvgIpc) is 3.45. The van der Waals surface area contributed by atoms with Gasteiger partial charge >= 0.3 is 16.3 Å². The van der Waals surface area contributed by atoms with E-state index in [0.717, 1.165) is 30.0 Å². The summed E-state index contributed by atoms with van der Waals surface area (Å²) in [6, 6.07) is 3.81. The Balaban J connectivity index is 1.33. The predicted molar refractivity (Wildman–Crippen MR) is 142 cm³/mol. The van der Waals surface area contributed by atoms with Crippen molar-refractivity contribution in [2.24, 2.45) is 0 Å². The molecule has 1 fully saturated rings. The fraction of sp³-hybridized carbons (Fsp3) is 0.360. The molecule has 38 heavy (non-hydrogen) atoms. The Morgan fingerprint density at radius 2 is 1.84 bits per heavy atom. The molecule has 2 aliphatic rings. The van der Waals surface area contributed by atoms with Gasteiger partial charge in [-0.1, -0.05) is 42.5 Å². The third kappa shape index (κ3) is 10.2. The predicted octanol–water partition coefficient (Wildman–Crippen LogP) is 2.46. The van der Waals surface area contributed by atoms with Crippen molar-refractivity contribution >= 4 is 45.9 Å². The van der Waals surface area contributed by atoms with Crippen LogP contribution >= 0.6 is 11.8 Å². The third-order valence-electron chi connectivity index (χ3n) is 5.51. The summed E-state index contributed by atoms with van der Waals surface area (Å²) in [5.41, 5.74) is 0.988. The lowest BCUT2D eigenvalue weighted by atomic mass is 10.2. The number of hydrogen-bond donors (Lipinski definition) is 2. The Morgan fingerprint density at radius 1 is 1.11 bits per heavy atom. The number of allylic oxidation sites excluding steroid dienone is 4. The van der Waals surface area contributed by atoms with Crippen molar-refractivity contribution in [1.29, 1.82) is 0 Å². The molecule has 1 saturated heterocycles. The van der Waals surface area contributed by atoms with Crippen LogP contribution in [0.4, 0.5) is 0 Å². The molecule has 3 rings (SSSR count). The second kappa shape index (κ2) is 14.6. The smallest absolute Gasteiger partial charge is 0.333 e. The van der Waals surface area contributed by atoms with Crippen LogP contribution in [-0.4, -0.2) is 53.8 Å². The summed E-state index contributed by atoms with van der Waals surface area (Å²) in [6.45, 7) is 1.30. The topological polar surface area (TPSA) is 137 Å². The van der Waals surface area contributed by atoms with E-state index in [4.69, 9.17) is 9.39 Å². The number of thioether (sulfide) groups is 1. The highest BCUT2D eigenvalue weighted by molar-refractivity contribution is 8.06. The highest BCUT2D eigenvalue weighted by Gasteiger charge is 2.32. The highest BCUT2D eigenvalue weighted by atomic mass is 32.2. The van der Waals surface area contributed by atoms with Crippen LogP contribution < -0.4 is 9.29 Å². The van der Waals surface area contributed by atoms with E-state index in [0.29, 0.717) is 18.0 Å². The van der Waals surface area contributed by atoms with Crippen LogP contribution in [0.3, 0.4) is 0 Å². The second-order valence-electron chi connectivity index (χ2n) is 8.44. The number of imide groups is 1. The number of hydroxylamine groups is 2. The number of aromatic nitrogens is 1. The minimum atomic E-state index is -4.18. The lowest BCUT2D eigenvalue weighted by Gasteiger charge is -2.17. The van der Waals surface area contributed by atoms with Gasteiger partial charge in [-0.15, -0.1) is 5.06 Å². The maximum absolute atomic E-state index is 11.9. The lowest BCUT2D eigenvalue weighted by molar-refractivity contribution is -0.694. The van der Waals surface area contributed by atoms with E-state index in [1.54, 1.807) is 16.3 Å². The summed E-state index contributed by atoms with van der Waals surface area (Å²) in [5.74, 6) is -1.50. The standard InChI is InChI=1S/C25H30N4O7S2/c30-22-10-11-23(31)29(22)36-25(32)9-5-2-6-15-28-19-20-37-24(28)8-4-1-3-7-21-12-16-27(17-13-21)18-14-26-38(33,34)35/h1,3-4,7-8,12-13,16-17,19-20,26H,2,5-6,9-11,14-15,18H2/p+1. The van der Waals surface area contributed by atoms with Crippen molar-refractivity contribution in [3.8, 4) is 0 Å². The largest absolute Gasteiger partial charge is 0.342 e. The monoisotopic (exact) mass is 563 g/mol. The fourth-order valence-corrected chi connectivity index (χ4v) is 4.71. The lowest BCUT2D eigenvalue weighted by Crippen LogP contribution is -2.39. The zero-order valence-electron chi connectivity index (χ0n) is 20.8. The molecule has 3 heterocycles. The Bertz CT molecular complexity index is 1210. The van der Waals surface area contributed by atoms with Crippen LogP contribution in [0.25, 0.3) is 6.08 Å². The molecule has 0 radical (unpaired) electrons. The van der Waals surface area contributed by atoms with Gasteiger partial charge in [0.25, 0.3) is 11.8 Å². The Morgan fingerprint density at radius 3 is 2.55 bits per heavy atom. The van der Waals surface area contributed by atoms with Crippen LogP contribution in [0.2, 0.25) is 0 Å². The molecule has 0 unspecified atom stereocenters. The number of amides is 2. The summed E-state index contributed by atoms with van der Waals surface area (Å²) >= 11 is 1.63. The zero-order valence-corrected chi connectivity index (χ0v) is 22.4. The van der Waals surface area contributed by atoms with Gasteiger partial charge in [0.2, 0.25) is 0 Å². The van der Waals surface area contributed by atoms with Gasteiger partial charge in [-0.2, -0.15) is 13.1 Å². The van der Waals surface area contributed by atoms with Crippen molar-refractivity contribution in [2.75, 3.05) is 13.1 Å². The molecule has 0 bridgehead atoms. The number of nitrogens with zero attached hydrogens (tertiary/aromatic N) is 3. The maximum Gasteiger partial charge on any atom is 0.333 e. The number of pyridine rings is 1. The van der Waals surface area contributed by atoms with Gasteiger partial charge in [0.05, 0.1) is 11.6 Å². The SMILES string of the molecule is O=C(CCCCCN1C=CSC1=CC=CC=Cc1cc[n+](CCNS(=O)(=O)O)cc1)ON1C(=O)CCC1=O. The van der Waals surface area contributed by atoms with Gasteiger partial charge in [-0.25, -0.2) is 9.36 Å². The van der Waals surface area contributed by atoms with E-state index in [9.17, 15) is 22.8 Å². The Hall–Kier alpha value is -3.26. The van der Waals surface area contributed by atoms with Gasteiger partial charge in [0.15, 0.2) is 18.9 Å². The molecule has 1 aromatic rings. The summed E-state index contributed by atoms with van der Waals surface area (Å²) in [7, 11) is -4.18. The molecule has 1 aromatic heterocycles. The zero-order chi connectivity index (χ0) is 27.4. The summed E-state index contributed by atoms with van der Waals surface area (Å²) in [5, 5.41) is 3.70. The Kier molecular flexibility index (Phi) is 11.3. The number of carbonyl (C=O) groups is 3. The summed E-state index contributed by atoms with van der Waals surface area (Å²) < 4.78 is 33.9. The maximum atomic E-state index is 11.9. The minimum Gasteiger partial charge on any atom is -0.342 e. The van der Waals surface area contributed by atoms with Crippen LogP contribution in [-0.2, 0) is 36.1 Å². The first-order chi connectivity index (χ1) is 18.2. The first-order valence-corrected chi connectivity index (χ1v) is 14.5. The second-order valence-corrected chi connectivity index (χ2v) is 10.6. The number of nitrogens with one attached hydrogen (secondary N) is 1. The van der Waals surface area contributed by atoms with E-state index >= 15 is 0 Å². The molecule has 0 saturated carbocycles. The Labute approximate surface area is 226 Å². The average molecular weight is 564 g/mol. The molecule has 13 heteroatoms. The molecule has 2 amide bonds. The number of rotatable bonds is 14. The van der Waals surface area contributed by atoms with E-state index in [1.807, 2.05) is 71.2 Å². The molecule has 0 aromatic carbocycles. The quantitative estimate of drug-likeness (QED) is 0.115. The van der Waals surface area contributed by atoms with Crippen molar-refractivity contribution in [3.63, 3.8) is 0 Å². The van der Waals surface area contributed by atoms with Crippen LogP contribution in [0.5, 0.6) is 0 Å². The first kappa shape index (κ1) is 29.3. The highest BCUT2D eigenvalue weighted by Crippen LogP contribution is 2.29.